The predicted molar refractivity (Wildman–Crippen MR) is 71.5 cm³/mol. The van der Waals surface area contributed by atoms with Gasteiger partial charge in [0, 0.05) is 24.8 Å². The number of benzene rings is 1. The molecule has 0 spiro atoms. The summed E-state index contributed by atoms with van der Waals surface area (Å²) in [4.78, 5) is 11.7. The van der Waals surface area contributed by atoms with E-state index in [1.165, 1.54) is 6.07 Å². The van der Waals surface area contributed by atoms with Crippen molar-refractivity contribution in [1.29, 1.82) is 0 Å². The largest absolute Gasteiger partial charge is 0.462 e. The van der Waals surface area contributed by atoms with E-state index in [1.807, 2.05) is 13.8 Å². The number of carbonyl (C=O) groups excluding carboxylic acids is 1. The van der Waals surface area contributed by atoms with E-state index in [2.05, 4.69) is 0 Å². The molecule has 1 rings (SSSR count). The first-order valence-electron chi connectivity index (χ1n) is 6.05. The molecule has 0 aliphatic heterocycles. The highest BCUT2D eigenvalue weighted by molar-refractivity contribution is 5.90. The van der Waals surface area contributed by atoms with E-state index in [4.69, 9.17) is 15.2 Å². The van der Waals surface area contributed by atoms with Crippen LogP contribution < -0.4 is 5.73 Å². The highest BCUT2D eigenvalue weighted by Gasteiger charge is 2.18. The van der Waals surface area contributed by atoms with Gasteiger partial charge in [0.25, 0.3) is 0 Å². The Labute approximate surface area is 112 Å². The average Bonchev–Trinajstić information content (AvgIpc) is 2.35. The molecular formula is C14H20FNO3. The summed E-state index contributed by atoms with van der Waals surface area (Å²) in [5.41, 5.74) is 5.94. The van der Waals surface area contributed by atoms with Gasteiger partial charge in [0.15, 0.2) is 0 Å². The Balaban J connectivity index is 2.65. The number of rotatable bonds is 5. The van der Waals surface area contributed by atoms with Gasteiger partial charge in [0.2, 0.25) is 0 Å². The van der Waals surface area contributed by atoms with E-state index >= 15 is 0 Å². The monoisotopic (exact) mass is 269 g/mol. The summed E-state index contributed by atoms with van der Waals surface area (Å²) in [5.74, 6) is -1.10. The van der Waals surface area contributed by atoms with Crippen molar-refractivity contribution in [3.05, 3.63) is 29.1 Å². The molecule has 1 aromatic rings. The maximum absolute atomic E-state index is 13.5. The van der Waals surface area contributed by atoms with Crippen molar-refractivity contribution in [2.24, 2.45) is 0 Å². The smallest absolute Gasteiger partial charge is 0.338 e. The fourth-order valence-electron chi connectivity index (χ4n) is 1.39. The molecule has 0 fully saturated rings. The van der Waals surface area contributed by atoms with E-state index in [1.54, 1.807) is 14.0 Å². The van der Waals surface area contributed by atoms with Crippen LogP contribution in [0, 0.1) is 12.7 Å². The van der Waals surface area contributed by atoms with Gasteiger partial charge in [-0.1, -0.05) is 0 Å². The molecule has 0 heterocycles. The van der Waals surface area contributed by atoms with Crippen molar-refractivity contribution in [2.45, 2.75) is 32.8 Å². The Morgan fingerprint density at radius 1 is 1.42 bits per heavy atom. The van der Waals surface area contributed by atoms with Gasteiger partial charge in [-0.15, -0.1) is 0 Å². The summed E-state index contributed by atoms with van der Waals surface area (Å²) >= 11 is 0. The van der Waals surface area contributed by atoms with Crippen LogP contribution in [0.1, 0.15) is 36.2 Å². The molecular weight excluding hydrogens is 249 g/mol. The Kier molecular flexibility index (Phi) is 4.89. The number of halogens is 1. The second-order valence-electron chi connectivity index (χ2n) is 5.02. The molecule has 106 valence electrons. The number of nitrogens with two attached hydrogens (primary N) is 1. The lowest BCUT2D eigenvalue weighted by atomic mass is 10.1. The number of nitrogen functional groups attached to an aromatic ring is 1. The maximum atomic E-state index is 13.5. The third-order valence-corrected chi connectivity index (χ3v) is 3.11. The molecule has 0 amide bonds. The number of hydrogen-bond donors (Lipinski definition) is 1. The zero-order valence-electron chi connectivity index (χ0n) is 11.7. The second kappa shape index (κ2) is 6.02. The minimum atomic E-state index is -0.586. The predicted octanol–water partition coefficient (Wildman–Crippen LogP) is 2.69. The number of ether oxygens (including phenoxy) is 2. The van der Waals surface area contributed by atoms with Gasteiger partial charge >= 0.3 is 5.97 Å². The van der Waals surface area contributed by atoms with Crippen molar-refractivity contribution >= 4 is 11.7 Å². The zero-order chi connectivity index (χ0) is 14.6. The van der Waals surface area contributed by atoms with Crippen LogP contribution >= 0.6 is 0 Å². The van der Waals surface area contributed by atoms with Crippen LogP contribution in [0.15, 0.2) is 12.1 Å². The van der Waals surface area contributed by atoms with Crippen molar-refractivity contribution < 1.29 is 18.7 Å². The minimum Gasteiger partial charge on any atom is -0.462 e. The van der Waals surface area contributed by atoms with Gasteiger partial charge in [-0.05, 0) is 32.9 Å². The number of anilines is 1. The van der Waals surface area contributed by atoms with Crippen LogP contribution in [-0.4, -0.2) is 25.3 Å². The Bertz CT molecular complexity index is 449. The topological polar surface area (TPSA) is 61.5 Å². The standard InChI is InChI=1S/C14H20FNO3/c1-9-11(15)7-10(8-12(9)16)13(17)19-6-5-14(2,3)18-4/h7-8H,5-6,16H2,1-4H3. The minimum absolute atomic E-state index is 0.121. The van der Waals surface area contributed by atoms with Crippen molar-refractivity contribution in [3.63, 3.8) is 0 Å². The van der Waals surface area contributed by atoms with E-state index < -0.39 is 11.8 Å². The Morgan fingerprint density at radius 2 is 2.05 bits per heavy atom. The molecule has 0 atom stereocenters. The zero-order valence-corrected chi connectivity index (χ0v) is 11.7. The first-order chi connectivity index (χ1) is 8.76. The number of esters is 1. The summed E-state index contributed by atoms with van der Waals surface area (Å²) in [6, 6.07) is 2.55. The Morgan fingerprint density at radius 3 is 2.58 bits per heavy atom. The average molecular weight is 269 g/mol. The highest BCUT2D eigenvalue weighted by atomic mass is 19.1. The van der Waals surface area contributed by atoms with Crippen molar-refractivity contribution in [3.8, 4) is 0 Å². The molecule has 0 aromatic heterocycles. The molecule has 0 bridgehead atoms. The number of methoxy groups -OCH3 is 1. The normalized spacial score (nSPS) is 11.4. The SMILES string of the molecule is COC(C)(C)CCOC(=O)c1cc(N)c(C)c(F)c1. The molecule has 0 unspecified atom stereocenters. The molecule has 5 heteroatoms. The van der Waals surface area contributed by atoms with Gasteiger partial charge in [0.05, 0.1) is 17.8 Å². The molecule has 19 heavy (non-hydrogen) atoms. The lowest BCUT2D eigenvalue weighted by Gasteiger charge is -2.22. The molecule has 2 N–H and O–H groups in total. The van der Waals surface area contributed by atoms with Crippen molar-refractivity contribution in [2.75, 3.05) is 19.5 Å². The number of carbonyl (C=O) groups is 1. The number of hydrogen-bond acceptors (Lipinski definition) is 4. The van der Waals surface area contributed by atoms with Crippen LogP contribution in [0.3, 0.4) is 0 Å². The summed E-state index contributed by atoms with van der Waals surface area (Å²) in [7, 11) is 1.60. The fourth-order valence-corrected chi connectivity index (χ4v) is 1.39. The first kappa shape index (κ1) is 15.4. The van der Waals surface area contributed by atoms with Gasteiger partial charge < -0.3 is 15.2 Å². The van der Waals surface area contributed by atoms with Crippen LogP contribution in [0.25, 0.3) is 0 Å². The molecule has 0 saturated carbocycles. The molecule has 0 aliphatic rings. The third-order valence-electron chi connectivity index (χ3n) is 3.11. The second-order valence-corrected chi connectivity index (χ2v) is 5.02. The van der Waals surface area contributed by atoms with Crippen LogP contribution in [-0.2, 0) is 9.47 Å². The molecule has 1 aromatic carbocycles. The Hall–Kier alpha value is -1.62. The summed E-state index contributed by atoms with van der Waals surface area (Å²) in [5, 5.41) is 0. The summed E-state index contributed by atoms with van der Waals surface area (Å²) in [6.07, 6.45) is 0.555. The van der Waals surface area contributed by atoms with E-state index in [0.29, 0.717) is 12.0 Å². The van der Waals surface area contributed by atoms with E-state index in [-0.39, 0.29) is 23.5 Å². The van der Waals surface area contributed by atoms with Gasteiger partial charge in [0.1, 0.15) is 5.82 Å². The van der Waals surface area contributed by atoms with Crippen LogP contribution in [0.4, 0.5) is 10.1 Å². The van der Waals surface area contributed by atoms with Gasteiger partial charge in [-0.25, -0.2) is 9.18 Å². The van der Waals surface area contributed by atoms with Crippen LogP contribution in [0.5, 0.6) is 0 Å². The highest BCUT2D eigenvalue weighted by Crippen LogP contribution is 2.19. The molecule has 0 aliphatic carbocycles. The van der Waals surface area contributed by atoms with E-state index in [0.717, 1.165) is 6.07 Å². The fraction of sp³-hybridized carbons (Fsp3) is 0.500. The summed E-state index contributed by atoms with van der Waals surface area (Å²) < 4.78 is 23.7. The summed E-state index contributed by atoms with van der Waals surface area (Å²) in [6.45, 7) is 5.55. The van der Waals surface area contributed by atoms with Crippen LogP contribution in [0.2, 0.25) is 0 Å². The first-order valence-corrected chi connectivity index (χ1v) is 6.05. The van der Waals surface area contributed by atoms with E-state index in [9.17, 15) is 9.18 Å². The quantitative estimate of drug-likeness (QED) is 0.659. The third kappa shape index (κ3) is 4.21. The van der Waals surface area contributed by atoms with Gasteiger partial charge in [-0.2, -0.15) is 0 Å². The lowest BCUT2D eigenvalue weighted by molar-refractivity contribution is -0.00564. The van der Waals surface area contributed by atoms with Gasteiger partial charge in [-0.3, -0.25) is 0 Å². The molecule has 0 saturated heterocycles. The molecule has 4 nitrogen and oxygen atoms in total. The molecule has 0 radical (unpaired) electrons. The van der Waals surface area contributed by atoms with Crippen molar-refractivity contribution in [1.82, 2.24) is 0 Å². The maximum Gasteiger partial charge on any atom is 0.338 e. The lowest BCUT2D eigenvalue weighted by Crippen LogP contribution is -2.25.